The monoisotopic (exact) mass is 1460 g/mol. The molecule has 10 nitrogen and oxygen atoms in total. The third kappa shape index (κ3) is 17.7. The fourth-order valence-corrected chi connectivity index (χ4v) is 10.1. The van der Waals surface area contributed by atoms with Crippen LogP contribution < -0.4 is 13.3 Å². The average molecular weight is 1460 g/mol. The first-order valence-corrected chi connectivity index (χ1v) is 42.1. The van der Waals surface area contributed by atoms with E-state index >= 15 is 0 Å². The molecule has 6 rings (SSSR count). The van der Waals surface area contributed by atoms with Crippen LogP contribution in [0.3, 0.4) is 0 Å². The van der Waals surface area contributed by atoms with Crippen molar-refractivity contribution in [2.45, 2.75) is 176 Å². The Morgan fingerprint density at radius 2 is 1.16 bits per heavy atom. The Kier molecular flexibility index (Phi) is 26.5. The van der Waals surface area contributed by atoms with Crippen LogP contribution in [-0.2, 0) is 38.1 Å². The molecule has 0 aromatic carbocycles. The van der Waals surface area contributed by atoms with Crippen LogP contribution in [-0.4, -0.2) is 70.7 Å². The topological polar surface area (TPSA) is 146 Å². The van der Waals surface area contributed by atoms with Crippen molar-refractivity contribution in [1.29, 1.82) is 0 Å². The van der Waals surface area contributed by atoms with Crippen molar-refractivity contribution in [2.24, 2.45) is 58.7 Å². The summed E-state index contributed by atoms with van der Waals surface area (Å²) in [4.78, 5) is 48.8. The number of cyclic esters (lactones) is 2. The van der Waals surface area contributed by atoms with Crippen molar-refractivity contribution in [3.63, 3.8) is 0 Å². The summed E-state index contributed by atoms with van der Waals surface area (Å²) in [6.07, 6.45) is 19.3. The number of fused-ring (bicyclic) bond motifs is 2. The summed E-state index contributed by atoms with van der Waals surface area (Å²) >= 11 is 9.54. The number of hydrogen-bond acceptors (Lipinski definition) is 10. The van der Waals surface area contributed by atoms with Crippen molar-refractivity contribution in [3.05, 3.63) is 47.6 Å². The van der Waals surface area contributed by atoms with E-state index in [0.717, 1.165) is 51.4 Å². The van der Waals surface area contributed by atoms with Gasteiger partial charge in [-0.1, -0.05) is 84.9 Å². The molecule has 0 amide bonds. The minimum atomic E-state index is -0.601. The van der Waals surface area contributed by atoms with Gasteiger partial charge in [0.05, 0.1) is 36.4 Å². The summed E-state index contributed by atoms with van der Waals surface area (Å²) in [6.45, 7) is 18.6. The molecule has 0 aromatic heterocycles. The Morgan fingerprint density at radius 3 is 1.53 bits per heavy atom. The predicted octanol–water partition coefficient (Wildman–Crippen LogP) is 9.33. The quantitative estimate of drug-likeness (QED) is 0.110. The first-order chi connectivity index (χ1) is 30.3. The van der Waals surface area contributed by atoms with Gasteiger partial charge in [0.25, 0.3) is 0 Å². The number of carbonyl (C=O) groups excluding carboxylic acids is 4. The second kappa shape index (κ2) is 28.9. The minimum absolute atomic E-state index is 0.0854. The van der Waals surface area contributed by atoms with Gasteiger partial charge in [-0.15, -0.1) is 0 Å². The molecule has 2 heterocycles. The van der Waals surface area contributed by atoms with E-state index in [0.29, 0.717) is 61.6 Å². The Labute approximate surface area is 437 Å². The van der Waals surface area contributed by atoms with E-state index in [1.807, 2.05) is 34.6 Å². The number of halogens is 5. The SMILES string of the molecule is CCC(C)(C)C(=O)O[C@H]1C[C@@H](C)C=C2C=C[C@H](C)[C@H](CCC3C[C@@H](O)CC(=O)O3)[C@H]21.CC[C@H](C)C(=O)O[C@H]1C[C@@H](C)C=C2C=C[C@H](C)[C@H](CCC3C[C@@H](O)CC(=O)O3)[C@H]21.II.I[I-]I. The van der Waals surface area contributed by atoms with Gasteiger partial charge in [-0.3, -0.25) is 19.2 Å². The normalized spacial score (nSPS) is 34.7. The standard InChI is InChI=1S/C25H38O5.C24H36O5.I3.I2/c1-6-25(4,5)24(28)30-21-12-15(2)11-17-8-7-16(3)20(23(17)21)10-9-19-13-18(26)14-22(27)29-19;1-5-15(3)24(27)29-21-11-14(2)10-17-7-6-16(4)20(23(17)21)9-8-19-12-18(25)13-22(26)28-19;1-3-2;1-2/h7-8,11,15-16,18-21,23,26H,6,9-10,12-14H2,1-5H3;6-7,10,14-16,18-21,23,25H,5,8-9,11-13H2,1-4H3;;/q;;-1;/t15-,16-,18+,19?,20-,21-,23-;14-,15-,16-,18+,19?,20-,21-,23-;;/m00../s1. The van der Waals surface area contributed by atoms with E-state index in [-0.39, 0.29) is 78.9 Å². The Balaban J connectivity index is 0.000000310. The summed E-state index contributed by atoms with van der Waals surface area (Å²) < 4.78 is 23.1. The van der Waals surface area contributed by atoms with Crippen LogP contribution in [0, 0.1) is 58.7 Å². The number of allylic oxidation sites excluding steroid dienone is 6. The number of esters is 4. The van der Waals surface area contributed by atoms with Crippen LogP contribution in [0.4, 0.5) is 0 Å². The number of hydrogen-bond donors (Lipinski definition) is 2. The first-order valence-electron chi connectivity index (χ1n) is 23.3. The average Bonchev–Trinajstić information content (AvgIpc) is 3.23. The molecule has 2 aliphatic heterocycles. The van der Waals surface area contributed by atoms with Crippen molar-refractivity contribution >= 4 is 98.3 Å². The van der Waals surface area contributed by atoms with Gasteiger partial charge in [0.1, 0.15) is 24.4 Å². The molecule has 2 unspecified atom stereocenters. The third-order valence-corrected chi connectivity index (χ3v) is 14.3. The summed E-state index contributed by atoms with van der Waals surface area (Å²) in [5.74, 6) is 1.53. The zero-order valence-corrected chi connectivity index (χ0v) is 49.9. The molecule has 0 aromatic rings. The number of aliphatic hydroxyl groups excluding tert-OH is 2. The van der Waals surface area contributed by atoms with Crippen LogP contribution in [0.2, 0.25) is 0 Å². The molecule has 6 aliphatic rings. The number of carbonyl (C=O) groups is 4. The van der Waals surface area contributed by atoms with Crippen molar-refractivity contribution < 1.29 is 61.6 Å². The van der Waals surface area contributed by atoms with Crippen molar-refractivity contribution in [2.75, 3.05) is 0 Å². The zero-order valence-electron chi connectivity index (χ0n) is 39.2. The third-order valence-electron chi connectivity index (χ3n) is 14.3. The zero-order chi connectivity index (χ0) is 47.9. The first kappa shape index (κ1) is 58.7. The molecule has 0 spiro atoms. The van der Waals surface area contributed by atoms with Crippen LogP contribution >= 0.6 is 74.5 Å². The van der Waals surface area contributed by atoms with E-state index in [1.165, 1.54) is 11.1 Å². The van der Waals surface area contributed by atoms with E-state index in [1.54, 1.807) is 0 Å². The van der Waals surface area contributed by atoms with E-state index < -0.39 is 17.6 Å². The number of aliphatic hydroxyl groups is 2. The van der Waals surface area contributed by atoms with Gasteiger partial charge in [0, 0.05) is 61.9 Å². The number of ether oxygens (including phenoxy) is 4. The predicted molar refractivity (Wildman–Crippen MR) is 282 cm³/mol. The molecule has 4 aliphatic carbocycles. The van der Waals surface area contributed by atoms with Gasteiger partial charge in [0.2, 0.25) is 0 Å². The molecular formula is C49H74I5O10-. The van der Waals surface area contributed by atoms with Gasteiger partial charge in [-0.2, -0.15) is 0 Å². The molecular weight excluding hydrogens is 1380 g/mol. The summed E-state index contributed by atoms with van der Waals surface area (Å²) in [5.41, 5.74) is 2.06. The molecule has 64 heavy (non-hydrogen) atoms. The second-order valence-electron chi connectivity index (χ2n) is 19.7. The van der Waals surface area contributed by atoms with Gasteiger partial charge >= 0.3 is 74.4 Å². The van der Waals surface area contributed by atoms with Gasteiger partial charge in [0.15, 0.2) is 0 Å². The van der Waals surface area contributed by atoms with Crippen LogP contribution in [0.5, 0.6) is 0 Å². The van der Waals surface area contributed by atoms with Crippen LogP contribution in [0.25, 0.3) is 0 Å². The molecule has 0 saturated carbocycles. The summed E-state index contributed by atoms with van der Waals surface area (Å²) in [5, 5.41) is 19.8. The summed E-state index contributed by atoms with van der Waals surface area (Å²) in [6, 6.07) is 0. The molecule has 2 fully saturated rings. The number of rotatable bonds is 12. The second-order valence-corrected chi connectivity index (χ2v) is 35.9. The maximum atomic E-state index is 12.9. The van der Waals surface area contributed by atoms with Crippen molar-refractivity contribution in [1.82, 2.24) is 0 Å². The fourth-order valence-electron chi connectivity index (χ4n) is 10.1. The van der Waals surface area contributed by atoms with E-state index in [2.05, 4.69) is 139 Å². The molecule has 15 atom stereocenters. The molecule has 2 N–H and O–H groups in total. The maximum absolute atomic E-state index is 12.9. The van der Waals surface area contributed by atoms with E-state index in [9.17, 15) is 29.4 Å². The molecule has 0 radical (unpaired) electrons. The Bertz CT molecular complexity index is 1650. The molecule has 0 bridgehead atoms. The Hall–Kier alpha value is 0.410. The molecule has 15 heteroatoms. The molecule has 366 valence electrons. The molecule has 2 saturated heterocycles. The van der Waals surface area contributed by atoms with Gasteiger partial charge in [-0.25, -0.2) is 0 Å². The van der Waals surface area contributed by atoms with Crippen LogP contribution in [0.15, 0.2) is 47.6 Å². The van der Waals surface area contributed by atoms with Crippen LogP contribution in [0.1, 0.15) is 139 Å². The fraction of sp³-hybridized carbons (Fsp3) is 0.755. The van der Waals surface area contributed by atoms with E-state index in [4.69, 9.17) is 18.9 Å². The summed E-state index contributed by atoms with van der Waals surface area (Å²) in [7, 11) is 0. The van der Waals surface area contributed by atoms with Crippen molar-refractivity contribution in [3.8, 4) is 0 Å². The van der Waals surface area contributed by atoms with Gasteiger partial charge in [-0.05, 0) is 112 Å². The Morgan fingerprint density at radius 1 is 0.750 bits per heavy atom. The van der Waals surface area contributed by atoms with Gasteiger partial charge < -0.3 is 29.2 Å².